The summed E-state index contributed by atoms with van der Waals surface area (Å²) < 4.78 is 24.4. The van der Waals surface area contributed by atoms with Crippen LogP contribution in [0.15, 0.2) is 67.0 Å². The molecule has 1 aliphatic rings. The fraction of sp³-hybridized carbons (Fsp3) is 0.375. The number of carbonyl (C=O) groups excluding carboxylic acids is 3. The number of esters is 3. The van der Waals surface area contributed by atoms with Gasteiger partial charge in [-0.15, -0.1) is 0 Å². The Balaban J connectivity index is 1.52. The van der Waals surface area contributed by atoms with Gasteiger partial charge in [-0.3, -0.25) is 19.0 Å². The molecule has 1 N–H and O–H groups in total. The normalized spacial score (nSPS) is 19.6. The minimum atomic E-state index is -1.06. The molecule has 1 saturated heterocycles. The maximum atomic E-state index is 12.2. The fourth-order valence-corrected chi connectivity index (χ4v) is 5.50. The quantitative estimate of drug-likeness (QED) is 0.197. The Morgan fingerprint density at radius 3 is 2.07 bits per heavy atom. The van der Waals surface area contributed by atoms with Crippen LogP contribution < -0.4 is 5.32 Å². The number of fused-ring (bicyclic) bond motifs is 1. The average Bonchev–Trinajstić information content (AvgIpc) is 3.54. The molecule has 2 aromatic heterocycles. The number of hydrogen-bond acceptors (Lipinski definition) is 11. The van der Waals surface area contributed by atoms with Crippen molar-refractivity contribution >= 4 is 34.9 Å². The molecule has 0 saturated carbocycles. The van der Waals surface area contributed by atoms with Gasteiger partial charge in [0.05, 0.1) is 0 Å². The maximum absolute atomic E-state index is 12.2. The van der Waals surface area contributed by atoms with Crippen LogP contribution in [0.25, 0.3) is 11.2 Å². The standard InChI is InChI=1S/C32H35N5O7/c1-5-26-36-27-30(33-16-24(22-12-8-6-9-13-22)23-14-10-7-11-15-23)34-18-35-31(27)37(26)32-29(43-21(4)40)28(42-20(3)39)25(44-32)17-41-19(2)38/h6-15,18,24-25,28-29,32H,5,16-17H2,1-4H3,(H,33,34,35)/t25-,28-,29-,32-/m1/s1. The van der Waals surface area contributed by atoms with Crippen LogP contribution >= 0.6 is 0 Å². The van der Waals surface area contributed by atoms with Crippen molar-refractivity contribution in [1.82, 2.24) is 19.5 Å². The van der Waals surface area contributed by atoms with E-state index in [1.807, 2.05) is 43.3 Å². The number of aryl methyl sites for hydroxylation is 1. The molecule has 0 radical (unpaired) electrons. The zero-order chi connectivity index (χ0) is 31.2. The second-order valence-corrected chi connectivity index (χ2v) is 10.4. The lowest BCUT2D eigenvalue weighted by Gasteiger charge is -2.24. The summed E-state index contributed by atoms with van der Waals surface area (Å²) in [5, 5.41) is 3.48. The van der Waals surface area contributed by atoms with Crippen LogP contribution in [-0.2, 0) is 39.8 Å². The second kappa shape index (κ2) is 13.6. The Labute approximate surface area is 254 Å². The fourth-order valence-electron chi connectivity index (χ4n) is 5.50. The van der Waals surface area contributed by atoms with Crippen molar-refractivity contribution in [2.75, 3.05) is 18.5 Å². The summed E-state index contributed by atoms with van der Waals surface area (Å²) in [6.45, 7) is 6.01. The Bertz CT molecular complexity index is 1570. The Morgan fingerprint density at radius 1 is 0.886 bits per heavy atom. The first-order valence-corrected chi connectivity index (χ1v) is 14.5. The van der Waals surface area contributed by atoms with Gasteiger partial charge in [0.15, 0.2) is 35.4 Å². The molecule has 0 aliphatic carbocycles. The van der Waals surface area contributed by atoms with E-state index in [2.05, 4.69) is 39.6 Å². The molecular formula is C32H35N5O7. The predicted molar refractivity (Wildman–Crippen MR) is 160 cm³/mol. The van der Waals surface area contributed by atoms with Crippen LogP contribution in [0, 0.1) is 0 Å². The number of aromatic nitrogens is 4. The third-order valence-corrected chi connectivity index (χ3v) is 7.34. The summed E-state index contributed by atoms with van der Waals surface area (Å²) in [7, 11) is 0. The molecule has 44 heavy (non-hydrogen) atoms. The van der Waals surface area contributed by atoms with E-state index in [1.54, 1.807) is 4.57 Å². The van der Waals surface area contributed by atoms with E-state index < -0.39 is 42.4 Å². The zero-order valence-electron chi connectivity index (χ0n) is 25.0. The Hall–Kier alpha value is -4.84. The highest BCUT2D eigenvalue weighted by atomic mass is 16.7. The van der Waals surface area contributed by atoms with Gasteiger partial charge < -0.3 is 24.3 Å². The van der Waals surface area contributed by atoms with Crippen LogP contribution in [-0.4, -0.2) is 68.9 Å². The van der Waals surface area contributed by atoms with E-state index in [0.29, 0.717) is 35.8 Å². The summed E-state index contributed by atoms with van der Waals surface area (Å²) in [6.07, 6.45) is -2.08. The largest absolute Gasteiger partial charge is 0.463 e. The molecule has 3 heterocycles. The number of carbonyl (C=O) groups is 3. The molecule has 4 aromatic rings. The van der Waals surface area contributed by atoms with Crippen molar-refractivity contribution < 1.29 is 33.3 Å². The molecule has 0 spiro atoms. The first-order valence-electron chi connectivity index (χ1n) is 14.5. The van der Waals surface area contributed by atoms with Crippen LogP contribution in [0.4, 0.5) is 5.82 Å². The zero-order valence-corrected chi connectivity index (χ0v) is 25.0. The summed E-state index contributed by atoms with van der Waals surface area (Å²) in [4.78, 5) is 49.8. The highest BCUT2D eigenvalue weighted by Crippen LogP contribution is 2.38. The van der Waals surface area contributed by atoms with E-state index in [4.69, 9.17) is 23.9 Å². The van der Waals surface area contributed by atoms with Gasteiger partial charge in [0.2, 0.25) is 0 Å². The summed E-state index contributed by atoms with van der Waals surface area (Å²) >= 11 is 0. The van der Waals surface area contributed by atoms with Crippen molar-refractivity contribution in [3.8, 4) is 0 Å². The lowest BCUT2D eigenvalue weighted by molar-refractivity contribution is -0.166. The molecular weight excluding hydrogens is 566 g/mol. The van der Waals surface area contributed by atoms with E-state index in [1.165, 1.54) is 27.1 Å². The van der Waals surface area contributed by atoms with Crippen LogP contribution in [0.3, 0.4) is 0 Å². The van der Waals surface area contributed by atoms with Crippen LogP contribution in [0.5, 0.6) is 0 Å². The number of imidazole rings is 1. The minimum absolute atomic E-state index is 0.0354. The summed E-state index contributed by atoms with van der Waals surface area (Å²) in [5.41, 5.74) is 3.24. The number of nitrogens with one attached hydrogen (secondary N) is 1. The second-order valence-electron chi connectivity index (χ2n) is 10.4. The lowest BCUT2D eigenvalue weighted by Crippen LogP contribution is -2.40. The molecule has 12 nitrogen and oxygen atoms in total. The van der Waals surface area contributed by atoms with Gasteiger partial charge in [-0.05, 0) is 11.1 Å². The summed E-state index contributed by atoms with van der Waals surface area (Å²) in [6, 6.07) is 20.4. The van der Waals surface area contributed by atoms with Gasteiger partial charge in [0.1, 0.15) is 24.9 Å². The van der Waals surface area contributed by atoms with Crippen LogP contribution in [0.2, 0.25) is 0 Å². The van der Waals surface area contributed by atoms with E-state index in [-0.39, 0.29) is 12.5 Å². The first kappa shape index (κ1) is 30.6. The van der Waals surface area contributed by atoms with Gasteiger partial charge in [-0.2, -0.15) is 0 Å². The first-order chi connectivity index (χ1) is 21.3. The van der Waals surface area contributed by atoms with Crippen molar-refractivity contribution in [1.29, 1.82) is 0 Å². The maximum Gasteiger partial charge on any atom is 0.303 e. The minimum Gasteiger partial charge on any atom is -0.463 e. The number of benzene rings is 2. The van der Waals surface area contributed by atoms with Gasteiger partial charge in [-0.25, -0.2) is 15.0 Å². The monoisotopic (exact) mass is 601 g/mol. The molecule has 1 aliphatic heterocycles. The Morgan fingerprint density at radius 2 is 1.50 bits per heavy atom. The molecule has 0 amide bonds. The van der Waals surface area contributed by atoms with Crippen molar-refractivity contribution in [2.24, 2.45) is 0 Å². The van der Waals surface area contributed by atoms with Crippen molar-refractivity contribution in [2.45, 2.75) is 64.6 Å². The molecule has 1 fully saturated rings. The van der Waals surface area contributed by atoms with Gasteiger partial charge in [-0.1, -0.05) is 67.6 Å². The lowest BCUT2D eigenvalue weighted by atomic mass is 9.91. The topological polar surface area (TPSA) is 144 Å². The van der Waals surface area contributed by atoms with Crippen molar-refractivity contribution in [3.05, 3.63) is 83.9 Å². The molecule has 230 valence electrons. The summed E-state index contributed by atoms with van der Waals surface area (Å²) in [5.74, 6) is -0.582. The number of rotatable bonds is 11. The Kier molecular flexibility index (Phi) is 9.49. The van der Waals surface area contributed by atoms with E-state index in [9.17, 15) is 14.4 Å². The van der Waals surface area contributed by atoms with Gasteiger partial charge in [0, 0.05) is 39.7 Å². The molecule has 5 rings (SSSR count). The molecule has 4 atom stereocenters. The highest BCUT2D eigenvalue weighted by Gasteiger charge is 2.51. The number of nitrogens with zero attached hydrogens (tertiary/aromatic N) is 4. The number of hydrogen-bond donors (Lipinski definition) is 1. The van der Waals surface area contributed by atoms with E-state index in [0.717, 1.165) is 11.1 Å². The third kappa shape index (κ3) is 6.70. The van der Waals surface area contributed by atoms with Crippen LogP contribution in [0.1, 0.15) is 56.8 Å². The van der Waals surface area contributed by atoms with Crippen molar-refractivity contribution in [3.63, 3.8) is 0 Å². The molecule has 12 heteroatoms. The molecule has 0 bridgehead atoms. The van der Waals surface area contributed by atoms with Gasteiger partial charge in [0.25, 0.3) is 0 Å². The average molecular weight is 602 g/mol. The number of anilines is 1. The molecule has 0 unspecified atom stereocenters. The predicted octanol–water partition coefficient (Wildman–Crippen LogP) is 3.96. The number of ether oxygens (including phenoxy) is 4. The molecule has 2 aromatic carbocycles. The highest BCUT2D eigenvalue weighted by molar-refractivity contribution is 5.83. The third-order valence-electron chi connectivity index (χ3n) is 7.34. The van der Waals surface area contributed by atoms with E-state index >= 15 is 0 Å². The smallest absolute Gasteiger partial charge is 0.303 e. The SMILES string of the molecule is CCc1nc2c(NCC(c3ccccc3)c3ccccc3)ncnc2n1[C@@H]1O[C@H](COC(C)=O)[C@@H](OC(C)=O)[C@H]1OC(C)=O. The van der Waals surface area contributed by atoms with Gasteiger partial charge >= 0.3 is 17.9 Å².